The van der Waals surface area contributed by atoms with Crippen LogP contribution in [-0.2, 0) is 6.42 Å². The molecule has 2 N–H and O–H groups in total. The average Bonchev–Trinajstić information content (AvgIpc) is 2.68. The van der Waals surface area contributed by atoms with E-state index in [2.05, 4.69) is 10.1 Å². The van der Waals surface area contributed by atoms with Gasteiger partial charge in [-0.05, 0) is 12.5 Å². The van der Waals surface area contributed by atoms with Gasteiger partial charge >= 0.3 is 0 Å². The van der Waals surface area contributed by atoms with Gasteiger partial charge in [0.25, 0.3) is 0 Å². The van der Waals surface area contributed by atoms with Gasteiger partial charge in [0.15, 0.2) is 5.82 Å². The van der Waals surface area contributed by atoms with Crippen LogP contribution >= 0.6 is 0 Å². The maximum Gasteiger partial charge on any atom is 0.243 e. The lowest BCUT2D eigenvalue weighted by molar-refractivity contribution is 0.358. The van der Waals surface area contributed by atoms with Gasteiger partial charge in [0.1, 0.15) is 0 Å². The Labute approximate surface area is 88.1 Å². The molecule has 1 atom stereocenters. The van der Waals surface area contributed by atoms with Gasteiger partial charge in [-0.1, -0.05) is 35.5 Å². The lowest BCUT2D eigenvalue weighted by atomic mass is 10.1. The molecular weight excluding hydrogens is 190 g/mol. The van der Waals surface area contributed by atoms with Crippen molar-refractivity contribution in [3.63, 3.8) is 0 Å². The van der Waals surface area contributed by atoms with E-state index >= 15 is 0 Å². The minimum Gasteiger partial charge on any atom is -0.338 e. The summed E-state index contributed by atoms with van der Waals surface area (Å²) in [4.78, 5) is 4.20. The molecule has 15 heavy (non-hydrogen) atoms. The van der Waals surface area contributed by atoms with Crippen molar-refractivity contribution in [1.82, 2.24) is 10.1 Å². The number of rotatable bonds is 3. The number of nitrogens with zero attached hydrogens (tertiary/aromatic N) is 2. The van der Waals surface area contributed by atoms with Crippen LogP contribution in [0.5, 0.6) is 0 Å². The standard InChI is InChI=1S/C11H13N3O/c1-8(12)11-13-10(14-15-11)7-9-5-3-2-4-6-9/h2-6,8H,7,12H2,1H3/t8-/m0/s1. The summed E-state index contributed by atoms with van der Waals surface area (Å²) >= 11 is 0. The Morgan fingerprint density at radius 2 is 2.07 bits per heavy atom. The first-order valence-corrected chi connectivity index (χ1v) is 4.87. The SMILES string of the molecule is C[C@H](N)c1nc(Cc2ccccc2)no1. The quantitative estimate of drug-likeness (QED) is 0.824. The molecule has 0 aliphatic heterocycles. The molecule has 1 heterocycles. The average molecular weight is 203 g/mol. The van der Waals surface area contributed by atoms with E-state index in [9.17, 15) is 0 Å². The molecule has 0 amide bonds. The van der Waals surface area contributed by atoms with Crippen LogP contribution in [0.15, 0.2) is 34.9 Å². The van der Waals surface area contributed by atoms with Crippen molar-refractivity contribution in [3.8, 4) is 0 Å². The van der Waals surface area contributed by atoms with E-state index < -0.39 is 0 Å². The fourth-order valence-corrected chi connectivity index (χ4v) is 1.30. The van der Waals surface area contributed by atoms with Crippen molar-refractivity contribution in [1.29, 1.82) is 0 Å². The number of hydrogen-bond acceptors (Lipinski definition) is 4. The van der Waals surface area contributed by atoms with Crippen LogP contribution in [-0.4, -0.2) is 10.1 Å². The number of nitrogens with two attached hydrogens (primary N) is 1. The molecule has 1 aromatic carbocycles. The maximum atomic E-state index is 5.62. The fraction of sp³-hybridized carbons (Fsp3) is 0.273. The van der Waals surface area contributed by atoms with Crippen LogP contribution in [0.1, 0.15) is 30.2 Å². The van der Waals surface area contributed by atoms with Crippen LogP contribution in [0.4, 0.5) is 0 Å². The summed E-state index contributed by atoms with van der Waals surface area (Å²) in [6.07, 6.45) is 0.678. The third kappa shape index (κ3) is 2.41. The van der Waals surface area contributed by atoms with Crippen LogP contribution in [0.25, 0.3) is 0 Å². The van der Waals surface area contributed by atoms with Gasteiger partial charge in [-0.25, -0.2) is 0 Å². The molecule has 0 aliphatic rings. The lowest BCUT2D eigenvalue weighted by Crippen LogP contribution is -2.05. The first kappa shape index (κ1) is 9.86. The van der Waals surface area contributed by atoms with Gasteiger partial charge in [-0.3, -0.25) is 0 Å². The second-order valence-corrected chi connectivity index (χ2v) is 3.50. The third-order valence-electron chi connectivity index (χ3n) is 2.08. The molecule has 0 spiro atoms. The van der Waals surface area contributed by atoms with Gasteiger partial charge in [0.05, 0.1) is 6.04 Å². The molecule has 0 fully saturated rings. The Balaban J connectivity index is 2.12. The van der Waals surface area contributed by atoms with Crippen molar-refractivity contribution in [2.45, 2.75) is 19.4 Å². The van der Waals surface area contributed by atoms with Gasteiger partial charge in [-0.15, -0.1) is 0 Å². The van der Waals surface area contributed by atoms with Crippen molar-refractivity contribution in [2.24, 2.45) is 5.73 Å². The summed E-state index contributed by atoms with van der Waals surface area (Å²) in [6.45, 7) is 1.82. The van der Waals surface area contributed by atoms with E-state index in [1.54, 1.807) is 0 Å². The van der Waals surface area contributed by atoms with Crippen molar-refractivity contribution < 1.29 is 4.52 Å². The minimum atomic E-state index is -0.206. The summed E-state index contributed by atoms with van der Waals surface area (Å²) in [5, 5.41) is 3.87. The highest BCUT2D eigenvalue weighted by Gasteiger charge is 2.09. The molecule has 0 bridgehead atoms. The van der Waals surface area contributed by atoms with Crippen molar-refractivity contribution >= 4 is 0 Å². The van der Waals surface area contributed by atoms with E-state index in [1.165, 1.54) is 0 Å². The zero-order chi connectivity index (χ0) is 10.7. The van der Waals surface area contributed by atoms with E-state index in [1.807, 2.05) is 37.3 Å². The molecule has 0 unspecified atom stereocenters. The van der Waals surface area contributed by atoms with E-state index in [-0.39, 0.29) is 6.04 Å². The Morgan fingerprint density at radius 3 is 2.67 bits per heavy atom. The molecule has 0 saturated carbocycles. The van der Waals surface area contributed by atoms with Gasteiger partial charge in [0.2, 0.25) is 5.89 Å². The molecule has 4 heteroatoms. The Morgan fingerprint density at radius 1 is 1.33 bits per heavy atom. The molecule has 1 aromatic heterocycles. The highest BCUT2D eigenvalue weighted by atomic mass is 16.5. The van der Waals surface area contributed by atoms with Crippen molar-refractivity contribution in [2.75, 3.05) is 0 Å². The third-order valence-corrected chi connectivity index (χ3v) is 2.08. The smallest absolute Gasteiger partial charge is 0.243 e. The summed E-state index contributed by atoms with van der Waals surface area (Å²) in [6, 6.07) is 9.81. The summed E-state index contributed by atoms with van der Waals surface area (Å²) < 4.78 is 5.01. The topological polar surface area (TPSA) is 64.9 Å². The molecule has 2 rings (SSSR count). The van der Waals surface area contributed by atoms with E-state index in [4.69, 9.17) is 10.3 Å². The lowest BCUT2D eigenvalue weighted by Gasteiger charge is -1.95. The normalized spacial score (nSPS) is 12.7. The second kappa shape index (κ2) is 4.23. The minimum absolute atomic E-state index is 0.206. The number of hydrogen-bond donors (Lipinski definition) is 1. The zero-order valence-corrected chi connectivity index (χ0v) is 8.55. The van der Waals surface area contributed by atoms with Crippen LogP contribution in [0.3, 0.4) is 0 Å². The first-order chi connectivity index (χ1) is 7.25. The summed E-state index contributed by atoms with van der Waals surface area (Å²) in [5.74, 6) is 1.16. The van der Waals surface area contributed by atoms with Gasteiger partial charge in [0, 0.05) is 6.42 Å². The first-order valence-electron chi connectivity index (χ1n) is 4.87. The molecule has 0 saturated heterocycles. The predicted molar refractivity (Wildman–Crippen MR) is 56.1 cm³/mol. The number of benzene rings is 1. The zero-order valence-electron chi connectivity index (χ0n) is 8.55. The van der Waals surface area contributed by atoms with E-state index in [0.717, 1.165) is 5.56 Å². The molecule has 0 radical (unpaired) electrons. The molecular formula is C11H13N3O. The highest BCUT2D eigenvalue weighted by molar-refractivity contribution is 5.18. The monoisotopic (exact) mass is 203 g/mol. The second-order valence-electron chi connectivity index (χ2n) is 3.50. The molecule has 4 nitrogen and oxygen atoms in total. The highest BCUT2D eigenvalue weighted by Crippen LogP contribution is 2.09. The van der Waals surface area contributed by atoms with Crippen LogP contribution in [0, 0.1) is 0 Å². The maximum absolute atomic E-state index is 5.62. The molecule has 0 aliphatic carbocycles. The molecule has 2 aromatic rings. The summed E-state index contributed by atoms with van der Waals surface area (Å²) in [5.41, 5.74) is 6.79. The Bertz CT molecular complexity index is 422. The van der Waals surface area contributed by atoms with E-state index in [0.29, 0.717) is 18.1 Å². The fourth-order valence-electron chi connectivity index (χ4n) is 1.30. The largest absolute Gasteiger partial charge is 0.338 e. The molecule has 78 valence electrons. The van der Waals surface area contributed by atoms with Gasteiger partial charge in [-0.2, -0.15) is 4.98 Å². The van der Waals surface area contributed by atoms with Crippen LogP contribution < -0.4 is 5.73 Å². The van der Waals surface area contributed by atoms with Crippen molar-refractivity contribution in [3.05, 3.63) is 47.6 Å². The Kier molecular flexibility index (Phi) is 2.78. The summed E-state index contributed by atoms with van der Waals surface area (Å²) in [7, 11) is 0. The van der Waals surface area contributed by atoms with Gasteiger partial charge < -0.3 is 10.3 Å². The van der Waals surface area contributed by atoms with Crippen LogP contribution in [0.2, 0.25) is 0 Å². The number of aromatic nitrogens is 2. The predicted octanol–water partition coefficient (Wildman–Crippen LogP) is 1.68. The Hall–Kier alpha value is -1.68.